The highest BCUT2D eigenvalue weighted by Gasteiger charge is 2.32. The molecule has 0 radical (unpaired) electrons. The molecule has 1 aromatic carbocycles. The van der Waals surface area contributed by atoms with Crippen molar-refractivity contribution in [1.29, 1.82) is 0 Å². The first-order chi connectivity index (χ1) is 9.96. The number of oxazole rings is 1. The Kier molecular flexibility index (Phi) is 3.36. The van der Waals surface area contributed by atoms with Gasteiger partial charge in [0.1, 0.15) is 17.2 Å². The number of aromatic nitrogens is 1. The summed E-state index contributed by atoms with van der Waals surface area (Å²) in [4.78, 5) is 4.18. The summed E-state index contributed by atoms with van der Waals surface area (Å²) in [5.41, 5.74) is 1.02. The van der Waals surface area contributed by atoms with E-state index < -0.39 is 6.36 Å². The summed E-state index contributed by atoms with van der Waals surface area (Å²) in [5, 5.41) is 9.26. The van der Waals surface area contributed by atoms with E-state index >= 15 is 0 Å². The third-order valence-electron chi connectivity index (χ3n) is 3.16. The number of nitrogens with zero attached hydrogens (tertiary/aromatic N) is 1. The van der Waals surface area contributed by atoms with Crippen molar-refractivity contribution >= 4 is 0 Å². The lowest BCUT2D eigenvalue weighted by Crippen LogP contribution is -2.16. The Hall–Kier alpha value is -2.02. The van der Waals surface area contributed by atoms with Crippen molar-refractivity contribution in [3.05, 3.63) is 35.7 Å². The number of halogens is 3. The van der Waals surface area contributed by atoms with Gasteiger partial charge in [-0.25, -0.2) is 4.98 Å². The number of hydrogen-bond acceptors (Lipinski definition) is 4. The Balaban J connectivity index is 1.83. The molecule has 0 unspecified atom stereocenters. The Morgan fingerprint density at radius 2 is 1.90 bits per heavy atom. The lowest BCUT2D eigenvalue weighted by Gasteiger charge is -2.08. The maximum absolute atomic E-state index is 12.1. The van der Waals surface area contributed by atoms with Gasteiger partial charge >= 0.3 is 6.36 Å². The van der Waals surface area contributed by atoms with Crippen LogP contribution in [0.5, 0.6) is 5.75 Å². The second-order valence-corrected chi connectivity index (χ2v) is 4.83. The second-order valence-electron chi connectivity index (χ2n) is 4.83. The standard InChI is InChI=1S/C14H12F3NO3/c15-14(16,17)21-10-5-3-9(4-6-10)13-18-11(7-19)12(20-13)8-1-2-8/h3-6,8,19H,1-2,7H2. The van der Waals surface area contributed by atoms with Gasteiger partial charge < -0.3 is 14.3 Å². The molecule has 3 rings (SSSR count). The molecular formula is C14H12F3NO3. The van der Waals surface area contributed by atoms with Gasteiger partial charge in [-0.1, -0.05) is 0 Å². The number of hydrogen-bond donors (Lipinski definition) is 1. The van der Waals surface area contributed by atoms with E-state index in [2.05, 4.69) is 9.72 Å². The highest BCUT2D eigenvalue weighted by Crippen LogP contribution is 2.43. The van der Waals surface area contributed by atoms with Crippen LogP contribution < -0.4 is 4.74 Å². The molecule has 1 N–H and O–H groups in total. The molecule has 2 aromatic rings. The fraction of sp³-hybridized carbons (Fsp3) is 0.357. The van der Waals surface area contributed by atoms with Crippen LogP contribution in [0.15, 0.2) is 28.7 Å². The van der Waals surface area contributed by atoms with Crippen molar-refractivity contribution in [3.8, 4) is 17.2 Å². The van der Waals surface area contributed by atoms with Crippen LogP contribution in [0.25, 0.3) is 11.5 Å². The van der Waals surface area contributed by atoms with Crippen LogP contribution in [0.4, 0.5) is 13.2 Å². The lowest BCUT2D eigenvalue weighted by molar-refractivity contribution is -0.274. The summed E-state index contributed by atoms with van der Waals surface area (Å²) in [5.74, 6) is 0.950. The first-order valence-electron chi connectivity index (χ1n) is 6.43. The van der Waals surface area contributed by atoms with E-state index in [1.807, 2.05) is 0 Å². The van der Waals surface area contributed by atoms with Gasteiger partial charge in [0.15, 0.2) is 0 Å². The molecule has 112 valence electrons. The Morgan fingerprint density at radius 1 is 1.24 bits per heavy atom. The minimum atomic E-state index is -4.71. The van der Waals surface area contributed by atoms with Crippen molar-refractivity contribution in [2.75, 3.05) is 0 Å². The molecular weight excluding hydrogens is 287 g/mol. The average molecular weight is 299 g/mol. The van der Waals surface area contributed by atoms with E-state index in [9.17, 15) is 18.3 Å². The largest absolute Gasteiger partial charge is 0.573 e. The maximum Gasteiger partial charge on any atom is 0.573 e. The topological polar surface area (TPSA) is 55.5 Å². The van der Waals surface area contributed by atoms with Crippen molar-refractivity contribution in [2.45, 2.75) is 31.7 Å². The number of ether oxygens (including phenoxy) is 1. The molecule has 0 spiro atoms. The van der Waals surface area contributed by atoms with Gasteiger partial charge in [0.25, 0.3) is 0 Å². The quantitative estimate of drug-likeness (QED) is 0.937. The number of benzene rings is 1. The maximum atomic E-state index is 12.1. The fourth-order valence-electron chi connectivity index (χ4n) is 2.06. The van der Waals surface area contributed by atoms with Gasteiger partial charge in [0.2, 0.25) is 5.89 Å². The van der Waals surface area contributed by atoms with Crippen LogP contribution in [0.2, 0.25) is 0 Å². The summed E-state index contributed by atoms with van der Waals surface area (Å²) in [7, 11) is 0. The molecule has 1 fully saturated rings. The van der Waals surface area contributed by atoms with Crippen LogP contribution in [0, 0.1) is 0 Å². The highest BCUT2D eigenvalue weighted by atomic mass is 19.4. The fourth-order valence-corrected chi connectivity index (χ4v) is 2.06. The van der Waals surface area contributed by atoms with Crippen LogP contribution >= 0.6 is 0 Å². The van der Waals surface area contributed by atoms with Gasteiger partial charge in [0, 0.05) is 11.5 Å². The molecule has 1 aromatic heterocycles. The molecule has 0 saturated heterocycles. The smallest absolute Gasteiger partial charge is 0.440 e. The van der Waals surface area contributed by atoms with Crippen molar-refractivity contribution in [1.82, 2.24) is 4.98 Å². The van der Waals surface area contributed by atoms with Crippen LogP contribution in [-0.2, 0) is 6.61 Å². The third-order valence-corrected chi connectivity index (χ3v) is 3.16. The van der Waals surface area contributed by atoms with Crippen LogP contribution in [0.3, 0.4) is 0 Å². The zero-order valence-corrected chi connectivity index (χ0v) is 10.9. The van der Waals surface area contributed by atoms with Crippen molar-refractivity contribution in [2.24, 2.45) is 0 Å². The minimum absolute atomic E-state index is 0.218. The Bertz CT molecular complexity index is 630. The summed E-state index contributed by atoms with van der Waals surface area (Å²) >= 11 is 0. The zero-order chi connectivity index (χ0) is 15.0. The van der Waals surface area contributed by atoms with Crippen LogP contribution in [-0.4, -0.2) is 16.5 Å². The van der Waals surface area contributed by atoms with Gasteiger partial charge in [-0.05, 0) is 37.1 Å². The summed E-state index contributed by atoms with van der Waals surface area (Å²) < 4.78 is 45.7. The lowest BCUT2D eigenvalue weighted by atomic mass is 10.2. The second kappa shape index (κ2) is 5.07. The van der Waals surface area contributed by atoms with Gasteiger partial charge in [0.05, 0.1) is 6.61 Å². The molecule has 0 bridgehead atoms. The highest BCUT2D eigenvalue weighted by molar-refractivity contribution is 5.55. The molecule has 7 heteroatoms. The predicted octanol–water partition coefficient (Wildman–Crippen LogP) is 3.61. The molecule has 1 saturated carbocycles. The molecule has 0 aliphatic heterocycles. The van der Waals surface area contributed by atoms with Crippen LogP contribution in [0.1, 0.15) is 30.2 Å². The van der Waals surface area contributed by atoms with Crippen molar-refractivity contribution in [3.63, 3.8) is 0 Å². The van der Waals surface area contributed by atoms with Gasteiger partial charge in [-0.2, -0.15) is 0 Å². The molecule has 1 heterocycles. The third kappa shape index (κ3) is 3.18. The number of rotatable bonds is 4. The number of aliphatic hydroxyl groups is 1. The molecule has 1 aliphatic carbocycles. The molecule has 21 heavy (non-hydrogen) atoms. The summed E-state index contributed by atoms with van der Waals surface area (Å²) in [6, 6.07) is 5.26. The van der Waals surface area contributed by atoms with E-state index in [0.29, 0.717) is 28.8 Å². The monoisotopic (exact) mass is 299 g/mol. The van der Waals surface area contributed by atoms with E-state index in [1.165, 1.54) is 24.3 Å². The van der Waals surface area contributed by atoms with Crippen molar-refractivity contribution < 1.29 is 27.4 Å². The first-order valence-corrected chi connectivity index (χ1v) is 6.43. The number of aliphatic hydroxyl groups excluding tert-OH is 1. The van der Waals surface area contributed by atoms with E-state index in [0.717, 1.165) is 12.8 Å². The first kappa shape index (κ1) is 13.9. The predicted molar refractivity (Wildman–Crippen MR) is 66.5 cm³/mol. The average Bonchev–Trinajstić information content (AvgIpc) is 3.17. The number of alkyl halides is 3. The minimum Gasteiger partial charge on any atom is -0.440 e. The van der Waals surface area contributed by atoms with E-state index in [4.69, 9.17) is 4.42 Å². The molecule has 1 aliphatic rings. The van der Waals surface area contributed by atoms with E-state index in [1.54, 1.807) is 0 Å². The van der Waals surface area contributed by atoms with Gasteiger partial charge in [-0.15, -0.1) is 13.2 Å². The SMILES string of the molecule is OCc1nc(-c2ccc(OC(F)(F)F)cc2)oc1C1CC1. The zero-order valence-electron chi connectivity index (χ0n) is 10.9. The normalized spacial score (nSPS) is 15.2. The molecule has 4 nitrogen and oxygen atoms in total. The van der Waals surface area contributed by atoms with E-state index in [-0.39, 0.29) is 12.4 Å². The Morgan fingerprint density at radius 3 is 2.43 bits per heavy atom. The molecule has 0 amide bonds. The Labute approximate surface area is 118 Å². The molecule has 0 atom stereocenters. The summed E-state index contributed by atoms with van der Waals surface area (Å²) in [6.07, 6.45) is -2.71. The van der Waals surface area contributed by atoms with Gasteiger partial charge in [-0.3, -0.25) is 0 Å². The summed E-state index contributed by atoms with van der Waals surface area (Å²) in [6.45, 7) is -0.218.